The minimum Gasteiger partial charge on any atom is -0.507 e. The largest absolute Gasteiger partial charge is 0.507 e. The maximum absolute atomic E-state index is 11.4. The third kappa shape index (κ3) is 2.96. The van der Waals surface area contributed by atoms with Gasteiger partial charge in [-0.25, -0.2) is 0 Å². The number of rotatable bonds is 5. The molecule has 2 aromatic rings. The lowest BCUT2D eigenvalue weighted by molar-refractivity contribution is 0.101. The molecule has 1 N–H and O–H groups in total. The number of phenols is 1. The summed E-state index contributed by atoms with van der Waals surface area (Å²) in [7, 11) is 0. The maximum atomic E-state index is 11.4. The summed E-state index contributed by atoms with van der Waals surface area (Å²) in [6.07, 6.45) is 0.607. The van der Waals surface area contributed by atoms with Gasteiger partial charge in [-0.2, -0.15) is 0 Å². The van der Waals surface area contributed by atoms with Crippen LogP contribution in [0.3, 0.4) is 0 Å². The minimum atomic E-state index is -0.148. The summed E-state index contributed by atoms with van der Waals surface area (Å²) in [6, 6.07) is 5.28. The van der Waals surface area contributed by atoms with E-state index < -0.39 is 0 Å². The lowest BCUT2D eigenvalue weighted by atomic mass is 10.0. The highest BCUT2D eigenvalue weighted by Crippen LogP contribution is 2.32. The van der Waals surface area contributed by atoms with Crippen LogP contribution >= 0.6 is 11.3 Å². The van der Waals surface area contributed by atoms with Crippen LogP contribution in [-0.2, 0) is 13.0 Å². The van der Waals surface area contributed by atoms with Gasteiger partial charge >= 0.3 is 0 Å². The molecule has 0 amide bonds. The molecule has 1 aromatic heterocycles. The molecule has 3 nitrogen and oxygen atoms in total. The monoisotopic (exact) mass is 275 g/mol. The van der Waals surface area contributed by atoms with E-state index >= 15 is 0 Å². The molecule has 99 valence electrons. The Morgan fingerprint density at radius 2 is 2.21 bits per heavy atom. The molecule has 0 unspecified atom stereocenters. The number of aromatic hydroxyl groups is 1. The standard InChI is InChI=1S/C15H15O3S/c1-3-12-14(18-8-11-6-7-19-9-11)5-4-13(10(2)16)15(12)17/h4-7,17H,3,8H2,1-2H3. The highest BCUT2D eigenvalue weighted by molar-refractivity contribution is 7.07. The van der Waals surface area contributed by atoms with Gasteiger partial charge in [0.25, 0.3) is 0 Å². The van der Waals surface area contributed by atoms with Crippen LogP contribution in [0, 0.1) is 5.38 Å². The summed E-state index contributed by atoms with van der Waals surface area (Å²) in [5, 5.41) is 15.1. The van der Waals surface area contributed by atoms with Gasteiger partial charge < -0.3 is 9.84 Å². The number of thiophene rings is 1. The van der Waals surface area contributed by atoms with Gasteiger partial charge in [0.15, 0.2) is 5.78 Å². The van der Waals surface area contributed by atoms with Crippen LogP contribution in [0.5, 0.6) is 11.5 Å². The van der Waals surface area contributed by atoms with Crippen molar-refractivity contribution in [3.8, 4) is 11.5 Å². The van der Waals surface area contributed by atoms with Crippen molar-refractivity contribution in [3.63, 3.8) is 0 Å². The van der Waals surface area contributed by atoms with E-state index in [2.05, 4.69) is 5.38 Å². The molecule has 1 aromatic carbocycles. The molecule has 0 bridgehead atoms. The zero-order valence-corrected chi connectivity index (χ0v) is 11.7. The highest BCUT2D eigenvalue weighted by atomic mass is 32.1. The van der Waals surface area contributed by atoms with E-state index in [0.717, 1.165) is 5.56 Å². The number of Topliss-reactive ketones (excluding diaryl/α,β-unsaturated/α-hetero) is 1. The molecule has 0 atom stereocenters. The molecule has 2 rings (SSSR count). The molecule has 19 heavy (non-hydrogen) atoms. The Kier molecular flexibility index (Phi) is 4.22. The molecule has 0 spiro atoms. The second kappa shape index (κ2) is 5.89. The summed E-state index contributed by atoms with van der Waals surface area (Å²) < 4.78 is 5.69. The second-order valence-corrected chi connectivity index (χ2v) is 4.90. The van der Waals surface area contributed by atoms with Crippen LogP contribution in [0.1, 0.15) is 35.3 Å². The average molecular weight is 275 g/mol. The predicted molar refractivity (Wildman–Crippen MR) is 75.0 cm³/mol. The Morgan fingerprint density at radius 1 is 1.42 bits per heavy atom. The van der Waals surface area contributed by atoms with Crippen LogP contribution in [0.25, 0.3) is 0 Å². The van der Waals surface area contributed by atoms with Crippen molar-refractivity contribution in [1.29, 1.82) is 0 Å². The third-order valence-electron chi connectivity index (χ3n) is 2.88. The Labute approximate surface area is 116 Å². The number of phenolic OH excluding ortho intramolecular Hbond substituents is 1. The first-order chi connectivity index (χ1) is 9.13. The zero-order chi connectivity index (χ0) is 13.8. The van der Waals surface area contributed by atoms with Gasteiger partial charge in [-0.1, -0.05) is 6.92 Å². The SMILES string of the molecule is CCc1c(OCc2[c]scc2)ccc(C(C)=O)c1O. The fraction of sp³-hybridized carbons (Fsp3) is 0.267. The number of ketones is 1. The first-order valence-corrected chi connectivity index (χ1v) is 6.94. The Balaban J connectivity index is 2.25. The summed E-state index contributed by atoms with van der Waals surface area (Å²) in [5.74, 6) is 0.497. The highest BCUT2D eigenvalue weighted by Gasteiger charge is 2.15. The molecular weight excluding hydrogens is 260 g/mol. The predicted octanol–water partition coefficient (Wildman–Crippen LogP) is 3.60. The van der Waals surface area contributed by atoms with Crippen molar-refractivity contribution in [1.82, 2.24) is 0 Å². The number of hydrogen-bond donors (Lipinski definition) is 1. The zero-order valence-electron chi connectivity index (χ0n) is 10.9. The maximum Gasteiger partial charge on any atom is 0.163 e. The molecule has 0 fully saturated rings. The van der Waals surface area contributed by atoms with Gasteiger partial charge in [0.05, 0.1) is 10.9 Å². The number of ether oxygens (including phenoxy) is 1. The van der Waals surface area contributed by atoms with Crippen molar-refractivity contribution in [2.24, 2.45) is 0 Å². The summed E-state index contributed by atoms with van der Waals surface area (Å²) >= 11 is 1.50. The van der Waals surface area contributed by atoms with Crippen molar-refractivity contribution in [2.75, 3.05) is 0 Å². The van der Waals surface area contributed by atoms with Crippen LogP contribution in [0.4, 0.5) is 0 Å². The lowest BCUT2D eigenvalue weighted by Gasteiger charge is -2.13. The number of carbonyl (C=O) groups is 1. The topological polar surface area (TPSA) is 46.5 Å². The van der Waals surface area contributed by atoms with Crippen molar-refractivity contribution in [3.05, 3.63) is 45.6 Å². The van der Waals surface area contributed by atoms with Gasteiger partial charge in [0.2, 0.25) is 0 Å². The van der Waals surface area contributed by atoms with E-state index in [9.17, 15) is 9.90 Å². The van der Waals surface area contributed by atoms with Crippen LogP contribution in [0.15, 0.2) is 23.6 Å². The summed E-state index contributed by atoms with van der Waals surface area (Å²) in [5.41, 5.74) is 1.98. The van der Waals surface area contributed by atoms with E-state index in [-0.39, 0.29) is 11.5 Å². The summed E-state index contributed by atoms with van der Waals surface area (Å²) in [4.78, 5) is 11.4. The molecule has 1 heterocycles. The second-order valence-electron chi connectivity index (χ2n) is 4.18. The van der Waals surface area contributed by atoms with Crippen molar-refractivity contribution >= 4 is 17.1 Å². The van der Waals surface area contributed by atoms with Gasteiger partial charge in [0, 0.05) is 11.1 Å². The molecule has 4 heteroatoms. The quantitative estimate of drug-likeness (QED) is 0.848. The first kappa shape index (κ1) is 13.6. The van der Waals surface area contributed by atoms with Crippen LogP contribution in [0.2, 0.25) is 0 Å². The number of hydrogen-bond acceptors (Lipinski definition) is 4. The van der Waals surface area contributed by atoms with Crippen LogP contribution < -0.4 is 4.74 Å². The van der Waals surface area contributed by atoms with E-state index in [1.54, 1.807) is 12.1 Å². The average Bonchev–Trinajstić information content (AvgIpc) is 2.89. The van der Waals surface area contributed by atoms with Gasteiger partial charge in [-0.15, -0.1) is 11.3 Å². The molecule has 0 aliphatic carbocycles. The Morgan fingerprint density at radius 3 is 2.79 bits per heavy atom. The molecule has 1 radical (unpaired) electrons. The van der Waals surface area contributed by atoms with Gasteiger partial charge in [-0.05, 0) is 36.9 Å². The van der Waals surface area contributed by atoms with Crippen molar-refractivity contribution < 1.29 is 14.6 Å². The normalized spacial score (nSPS) is 10.4. The van der Waals surface area contributed by atoms with Gasteiger partial charge in [0.1, 0.15) is 18.1 Å². The Bertz CT molecular complexity index is 573. The Hall–Kier alpha value is -1.81. The molecule has 0 saturated heterocycles. The van der Waals surface area contributed by atoms with Gasteiger partial charge in [-0.3, -0.25) is 4.79 Å². The lowest BCUT2D eigenvalue weighted by Crippen LogP contribution is -2.01. The van der Waals surface area contributed by atoms with E-state index in [4.69, 9.17) is 4.74 Å². The fourth-order valence-corrected chi connectivity index (χ4v) is 2.45. The van der Waals surface area contributed by atoms with Crippen LogP contribution in [-0.4, -0.2) is 10.9 Å². The molecule has 0 aliphatic heterocycles. The van der Waals surface area contributed by atoms with E-state index in [0.29, 0.717) is 29.9 Å². The third-order valence-corrected chi connectivity index (χ3v) is 3.54. The minimum absolute atomic E-state index is 0.0294. The smallest absolute Gasteiger partial charge is 0.163 e. The summed E-state index contributed by atoms with van der Waals surface area (Å²) in [6.45, 7) is 3.77. The van der Waals surface area contributed by atoms with Crippen molar-refractivity contribution in [2.45, 2.75) is 26.9 Å². The molecule has 0 aliphatic rings. The number of carbonyl (C=O) groups excluding carboxylic acids is 1. The van der Waals surface area contributed by atoms with E-state index in [1.165, 1.54) is 18.3 Å². The molecular formula is C15H15O3S. The van der Waals surface area contributed by atoms with E-state index in [1.807, 2.05) is 18.4 Å². The molecule has 0 saturated carbocycles. The number of benzene rings is 1. The first-order valence-electron chi connectivity index (χ1n) is 6.06. The fourth-order valence-electron chi connectivity index (χ4n) is 1.87.